The maximum absolute atomic E-state index is 12.1. The molecule has 1 aromatic carbocycles. The number of rotatable bonds is 7. The van der Waals surface area contributed by atoms with Crippen LogP contribution in [-0.4, -0.2) is 33.7 Å². The van der Waals surface area contributed by atoms with E-state index in [0.717, 1.165) is 18.8 Å². The van der Waals surface area contributed by atoms with Gasteiger partial charge in [-0.2, -0.15) is 5.10 Å². The van der Waals surface area contributed by atoms with Gasteiger partial charge in [-0.05, 0) is 45.0 Å². The average Bonchev–Trinajstić information content (AvgIpc) is 2.90. The van der Waals surface area contributed by atoms with E-state index in [0.29, 0.717) is 5.69 Å². The third-order valence-electron chi connectivity index (χ3n) is 3.70. The summed E-state index contributed by atoms with van der Waals surface area (Å²) in [6, 6.07) is 7.57. The van der Waals surface area contributed by atoms with E-state index in [1.54, 1.807) is 6.92 Å². The molecule has 0 spiro atoms. The van der Waals surface area contributed by atoms with Gasteiger partial charge in [-0.25, -0.2) is 0 Å². The van der Waals surface area contributed by atoms with E-state index < -0.39 is 4.92 Å². The van der Waals surface area contributed by atoms with E-state index in [9.17, 15) is 14.9 Å². The van der Waals surface area contributed by atoms with E-state index in [1.807, 2.05) is 24.3 Å². The highest BCUT2D eigenvalue weighted by Gasteiger charge is 2.16. The van der Waals surface area contributed by atoms with Crippen molar-refractivity contribution in [3.05, 3.63) is 46.3 Å². The van der Waals surface area contributed by atoms with Gasteiger partial charge in [-0.15, -0.1) is 0 Å². The van der Waals surface area contributed by atoms with Crippen LogP contribution < -0.4 is 10.2 Å². The van der Waals surface area contributed by atoms with Crippen LogP contribution in [0.5, 0.6) is 0 Å². The van der Waals surface area contributed by atoms with Crippen molar-refractivity contribution in [2.24, 2.45) is 0 Å². The van der Waals surface area contributed by atoms with Crippen LogP contribution in [0.25, 0.3) is 0 Å². The number of carbonyl (C=O) groups excluding carboxylic acids is 1. The number of anilines is 2. The van der Waals surface area contributed by atoms with Gasteiger partial charge < -0.3 is 10.2 Å². The Morgan fingerprint density at radius 1 is 1.29 bits per heavy atom. The summed E-state index contributed by atoms with van der Waals surface area (Å²) in [6.07, 6.45) is 1.26. The third-order valence-corrected chi connectivity index (χ3v) is 3.70. The van der Waals surface area contributed by atoms with E-state index in [4.69, 9.17) is 0 Å². The number of benzene rings is 1. The topological polar surface area (TPSA) is 93.3 Å². The molecule has 0 aliphatic heterocycles. The maximum atomic E-state index is 12.1. The van der Waals surface area contributed by atoms with Crippen molar-refractivity contribution in [1.82, 2.24) is 9.78 Å². The molecule has 1 aromatic heterocycles. The first-order valence-corrected chi connectivity index (χ1v) is 7.77. The van der Waals surface area contributed by atoms with Crippen LogP contribution in [0.1, 0.15) is 19.5 Å². The number of nitrogens with zero attached hydrogens (tertiary/aromatic N) is 4. The first-order chi connectivity index (χ1) is 11.4. The summed E-state index contributed by atoms with van der Waals surface area (Å²) in [4.78, 5) is 24.5. The fourth-order valence-electron chi connectivity index (χ4n) is 2.46. The molecule has 2 aromatic rings. The lowest BCUT2D eigenvalue weighted by Crippen LogP contribution is -2.22. The molecule has 1 amide bonds. The Kier molecular flexibility index (Phi) is 5.51. The number of aromatic nitrogens is 2. The van der Waals surface area contributed by atoms with Gasteiger partial charge in [0.2, 0.25) is 5.91 Å². The van der Waals surface area contributed by atoms with E-state index in [2.05, 4.69) is 29.2 Å². The standard InChI is InChI=1S/C16H21N5O3/c1-4-19(5-2)14-8-6-13(7-9-14)17-16(22)11-20-10-15(21(23)24)12(3)18-20/h6-10H,4-5,11H2,1-3H3,(H,17,22). The molecule has 0 unspecified atom stereocenters. The first kappa shape index (κ1) is 17.5. The van der Waals surface area contributed by atoms with Gasteiger partial charge in [0.05, 0.1) is 4.92 Å². The molecular weight excluding hydrogens is 310 g/mol. The monoisotopic (exact) mass is 331 g/mol. The normalized spacial score (nSPS) is 10.5. The molecule has 0 saturated heterocycles. The van der Waals surface area contributed by atoms with Gasteiger partial charge in [0, 0.05) is 24.5 Å². The zero-order valence-corrected chi connectivity index (χ0v) is 14.0. The summed E-state index contributed by atoms with van der Waals surface area (Å²) >= 11 is 0. The molecule has 0 aliphatic rings. The minimum absolute atomic E-state index is 0.0769. The van der Waals surface area contributed by atoms with Crippen LogP contribution in [0, 0.1) is 17.0 Å². The first-order valence-electron chi connectivity index (χ1n) is 7.77. The molecule has 0 fully saturated rings. The summed E-state index contributed by atoms with van der Waals surface area (Å²) < 4.78 is 1.27. The number of carbonyl (C=O) groups is 1. The van der Waals surface area contributed by atoms with Gasteiger partial charge in [0.25, 0.3) is 0 Å². The van der Waals surface area contributed by atoms with Crippen LogP contribution >= 0.6 is 0 Å². The van der Waals surface area contributed by atoms with Crippen molar-refractivity contribution in [2.45, 2.75) is 27.3 Å². The van der Waals surface area contributed by atoms with Crippen LogP contribution in [0.3, 0.4) is 0 Å². The highest BCUT2D eigenvalue weighted by atomic mass is 16.6. The second kappa shape index (κ2) is 7.58. The second-order valence-corrected chi connectivity index (χ2v) is 5.32. The summed E-state index contributed by atoms with van der Waals surface area (Å²) in [6.45, 7) is 7.47. The smallest absolute Gasteiger partial charge is 0.309 e. The molecule has 0 radical (unpaired) electrons. The Balaban J connectivity index is 1.99. The maximum Gasteiger partial charge on any atom is 0.309 e. The summed E-state index contributed by atoms with van der Waals surface area (Å²) in [7, 11) is 0. The molecule has 128 valence electrons. The van der Waals surface area contributed by atoms with E-state index in [-0.39, 0.29) is 23.8 Å². The Morgan fingerprint density at radius 3 is 2.42 bits per heavy atom. The van der Waals surface area contributed by atoms with Gasteiger partial charge in [-0.1, -0.05) is 0 Å². The van der Waals surface area contributed by atoms with Crippen molar-refractivity contribution >= 4 is 23.0 Å². The molecule has 1 N–H and O–H groups in total. The fraction of sp³-hybridized carbons (Fsp3) is 0.375. The number of hydrogen-bond donors (Lipinski definition) is 1. The largest absolute Gasteiger partial charge is 0.372 e. The van der Waals surface area contributed by atoms with Crippen LogP contribution in [-0.2, 0) is 11.3 Å². The summed E-state index contributed by atoms with van der Waals surface area (Å²) in [5.74, 6) is -0.289. The molecule has 0 atom stereocenters. The molecule has 8 nitrogen and oxygen atoms in total. The highest BCUT2D eigenvalue weighted by Crippen LogP contribution is 2.18. The third kappa shape index (κ3) is 4.09. The quantitative estimate of drug-likeness (QED) is 0.622. The van der Waals surface area contributed by atoms with Gasteiger partial charge >= 0.3 is 5.69 Å². The predicted molar refractivity (Wildman–Crippen MR) is 92.3 cm³/mol. The van der Waals surface area contributed by atoms with E-state index in [1.165, 1.54) is 10.9 Å². The van der Waals surface area contributed by atoms with E-state index >= 15 is 0 Å². The Labute approximate surface area is 140 Å². The van der Waals surface area contributed by atoms with Crippen LogP contribution in [0.2, 0.25) is 0 Å². The molecule has 0 bridgehead atoms. The molecule has 8 heteroatoms. The number of nitrogens with one attached hydrogen (secondary N) is 1. The molecule has 0 saturated carbocycles. The molecule has 0 aliphatic carbocycles. The highest BCUT2D eigenvalue weighted by molar-refractivity contribution is 5.90. The number of hydrogen-bond acceptors (Lipinski definition) is 5. The summed E-state index contributed by atoms with van der Waals surface area (Å²) in [5, 5.41) is 17.5. The average molecular weight is 331 g/mol. The molecule has 24 heavy (non-hydrogen) atoms. The van der Waals surface area contributed by atoms with Crippen molar-refractivity contribution in [3.63, 3.8) is 0 Å². The lowest BCUT2D eigenvalue weighted by atomic mass is 10.2. The second-order valence-electron chi connectivity index (χ2n) is 5.32. The Bertz CT molecular complexity index is 720. The lowest BCUT2D eigenvalue weighted by molar-refractivity contribution is -0.385. The predicted octanol–water partition coefficient (Wildman–Crippen LogP) is 2.58. The van der Waals surface area contributed by atoms with Gasteiger partial charge in [0.1, 0.15) is 18.4 Å². The van der Waals surface area contributed by atoms with Gasteiger partial charge in [0.15, 0.2) is 0 Å². The zero-order valence-electron chi connectivity index (χ0n) is 14.0. The number of amides is 1. The lowest BCUT2D eigenvalue weighted by Gasteiger charge is -2.21. The number of aryl methyl sites for hydroxylation is 1. The SMILES string of the molecule is CCN(CC)c1ccc(NC(=O)Cn2cc([N+](=O)[O-])c(C)n2)cc1. The number of nitro groups is 1. The van der Waals surface area contributed by atoms with Gasteiger partial charge in [-0.3, -0.25) is 19.6 Å². The van der Waals surface area contributed by atoms with Crippen molar-refractivity contribution in [1.29, 1.82) is 0 Å². The van der Waals surface area contributed by atoms with Crippen molar-refractivity contribution in [3.8, 4) is 0 Å². The van der Waals surface area contributed by atoms with Crippen molar-refractivity contribution < 1.29 is 9.72 Å². The zero-order chi connectivity index (χ0) is 17.7. The molecule has 1 heterocycles. The Morgan fingerprint density at radius 2 is 1.92 bits per heavy atom. The fourth-order valence-corrected chi connectivity index (χ4v) is 2.46. The summed E-state index contributed by atoms with van der Waals surface area (Å²) in [5.41, 5.74) is 1.97. The van der Waals surface area contributed by atoms with Crippen molar-refractivity contribution in [2.75, 3.05) is 23.3 Å². The van der Waals surface area contributed by atoms with Crippen LogP contribution in [0.4, 0.5) is 17.1 Å². The molecular formula is C16H21N5O3. The molecule has 2 rings (SSSR count). The minimum Gasteiger partial charge on any atom is -0.372 e. The minimum atomic E-state index is -0.511. The Hall–Kier alpha value is -2.90. The van der Waals surface area contributed by atoms with Crippen LogP contribution in [0.15, 0.2) is 30.5 Å².